The summed E-state index contributed by atoms with van der Waals surface area (Å²) in [5, 5.41) is 0. The third kappa shape index (κ3) is 5.03. The fraction of sp³-hybridized carbons (Fsp3) is 0.286. The highest BCUT2D eigenvalue weighted by molar-refractivity contribution is 9.10. The minimum atomic E-state index is 0.186. The van der Waals surface area contributed by atoms with Gasteiger partial charge in [-0.25, -0.2) is 0 Å². The Kier molecular flexibility index (Phi) is 6.74. The minimum absolute atomic E-state index is 0.186. The number of nitrogens with zero attached hydrogens (tertiary/aromatic N) is 2. The van der Waals surface area contributed by atoms with E-state index in [-0.39, 0.29) is 6.61 Å². The van der Waals surface area contributed by atoms with E-state index in [2.05, 4.69) is 43.9 Å². The molecule has 27 heavy (non-hydrogen) atoms. The molecule has 0 saturated carbocycles. The maximum Gasteiger partial charge on any atom is 0.163 e. The first kappa shape index (κ1) is 19.3. The Morgan fingerprint density at radius 3 is 2.63 bits per heavy atom. The summed E-state index contributed by atoms with van der Waals surface area (Å²) in [6.45, 7) is 3.58. The molecule has 5 nitrogen and oxygen atoms in total. The molecule has 1 saturated heterocycles. The number of ether oxygens (including phenoxy) is 3. The Balaban J connectivity index is 1.74. The maximum atomic E-state index is 5.50. The van der Waals surface area contributed by atoms with Crippen molar-refractivity contribution in [3.8, 4) is 23.8 Å². The molecule has 0 aliphatic carbocycles. The second-order valence-corrected chi connectivity index (χ2v) is 6.75. The molecule has 1 aliphatic rings. The lowest BCUT2D eigenvalue weighted by Crippen LogP contribution is -2.36. The molecule has 1 heterocycles. The van der Waals surface area contributed by atoms with E-state index >= 15 is 0 Å². The lowest BCUT2D eigenvalue weighted by Gasteiger charge is -2.28. The van der Waals surface area contributed by atoms with Crippen molar-refractivity contribution in [3.63, 3.8) is 0 Å². The Morgan fingerprint density at radius 2 is 1.96 bits per heavy atom. The highest BCUT2D eigenvalue weighted by Crippen LogP contribution is 2.33. The van der Waals surface area contributed by atoms with E-state index in [1.807, 2.05) is 24.3 Å². The number of methoxy groups -OCH3 is 1. The molecule has 0 N–H and O–H groups in total. The normalized spacial score (nSPS) is 14.2. The first-order valence-electron chi connectivity index (χ1n) is 8.62. The van der Waals surface area contributed by atoms with Gasteiger partial charge in [-0.3, -0.25) is 4.99 Å². The van der Waals surface area contributed by atoms with Crippen LogP contribution in [-0.2, 0) is 4.74 Å². The van der Waals surface area contributed by atoms with Crippen LogP contribution in [0.2, 0.25) is 0 Å². The van der Waals surface area contributed by atoms with Gasteiger partial charge in [-0.15, -0.1) is 6.42 Å². The summed E-state index contributed by atoms with van der Waals surface area (Å²) in [5.41, 5.74) is 2.96. The van der Waals surface area contributed by atoms with Crippen LogP contribution in [0, 0.1) is 12.3 Å². The summed E-state index contributed by atoms with van der Waals surface area (Å²) in [6.07, 6.45) is 7.04. The minimum Gasteiger partial charge on any atom is -0.493 e. The maximum absolute atomic E-state index is 5.50. The van der Waals surface area contributed by atoms with Gasteiger partial charge in [0.25, 0.3) is 0 Å². The Morgan fingerprint density at radius 1 is 1.22 bits per heavy atom. The summed E-state index contributed by atoms with van der Waals surface area (Å²) < 4.78 is 17.1. The molecule has 140 valence electrons. The van der Waals surface area contributed by atoms with Crippen molar-refractivity contribution in [2.75, 3.05) is 44.9 Å². The summed E-state index contributed by atoms with van der Waals surface area (Å²) in [7, 11) is 1.59. The van der Waals surface area contributed by atoms with E-state index in [4.69, 9.17) is 20.6 Å². The van der Waals surface area contributed by atoms with E-state index in [0.29, 0.717) is 11.5 Å². The second kappa shape index (κ2) is 9.45. The zero-order valence-electron chi connectivity index (χ0n) is 15.2. The van der Waals surface area contributed by atoms with Gasteiger partial charge < -0.3 is 19.1 Å². The molecule has 6 heteroatoms. The highest BCUT2D eigenvalue weighted by atomic mass is 79.9. The van der Waals surface area contributed by atoms with Crippen molar-refractivity contribution in [2.45, 2.75) is 0 Å². The number of aliphatic imine (C=N–C) groups is 1. The number of hydrogen-bond acceptors (Lipinski definition) is 5. The van der Waals surface area contributed by atoms with Crippen LogP contribution in [0.3, 0.4) is 0 Å². The van der Waals surface area contributed by atoms with Gasteiger partial charge in [-0.2, -0.15) is 0 Å². The first-order chi connectivity index (χ1) is 13.2. The van der Waals surface area contributed by atoms with Crippen molar-refractivity contribution in [3.05, 3.63) is 46.4 Å². The predicted octanol–water partition coefficient (Wildman–Crippen LogP) is 4.06. The van der Waals surface area contributed by atoms with Crippen molar-refractivity contribution >= 4 is 33.5 Å². The van der Waals surface area contributed by atoms with Gasteiger partial charge in [0.15, 0.2) is 11.5 Å². The van der Waals surface area contributed by atoms with Gasteiger partial charge in [0.05, 0.1) is 26.0 Å². The van der Waals surface area contributed by atoms with Crippen LogP contribution < -0.4 is 14.4 Å². The molecule has 2 aromatic carbocycles. The number of benzene rings is 2. The zero-order chi connectivity index (χ0) is 19.1. The van der Waals surface area contributed by atoms with Crippen molar-refractivity contribution in [1.82, 2.24) is 0 Å². The summed E-state index contributed by atoms with van der Waals surface area (Å²) in [5.74, 6) is 3.65. The van der Waals surface area contributed by atoms with Crippen LogP contribution in [0.4, 0.5) is 11.4 Å². The number of morpholine rings is 1. The molecule has 3 rings (SSSR count). The summed E-state index contributed by atoms with van der Waals surface area (Å²) >= 11 is 3.54. The average Bonchev–Trinajstić information content (AvgIpc) is 2.72. The molecule has 0 spiro atoms. The quantitative estimate of drug-likeness (QED) is 0.513. The average molecular weight is 429 g/mol. The topological polar surface area (TPSA) is 43.3 Å². The molecule has 0 atom stereocenters. The second-order valence-electron chi connectivity index (χ2n) is 5.89. The van der Waals surface area contributed by atoms with Crippen molar-refractivity contribution in [2.24, 2.45) is 4.99 Å². The van der Waals surface area contributed by atoms with E-state index in [9.17, 15) is 0 Å². The van der Waals surface area contributed by atoms with E-state index in [1.165, 1.54) is 5.69 Å². The van der Waals surface area contributed by atoms with Gasteiger partial charge in [0.1, 0.15) is 6.61 Å². The first-order valence-corrected chi connectivity index (χ1v) is 9.41. The monoisotopic (exact) mass is 428 g/mol. The van der Waals surface area contributed by atoms with Crippen LogP contribution in [0.1, 0.15) is 5.56 Å². The molecule has 0 bridgehead atoms. The lowest BCUT2D eigenvalue weighted by atomic mass is 10.2. The van der Waals surface area contributed by atoms with Gasteiger partial charge in [-0.05, 0) is 52.3 Å². The van der Waals surface area contributed by atoms with E-state index in [1.54, 1.807) is 13.3 Å². The summed E-state index contributed by atoms with van der Waals surface area (Å²) in [6, 6.07) is 11.9. The number of halogens is 1. The SMILES string of the molecule is C#CCOc1cc(Br)c(C=Nc2ccc(N3CCOCC3)cc2)cc1OC. The molecule has 1 aliphatic heterocycles. The van der Waals surface area contributed by atoms with E-state index in [0.717, 1.165) is 42.0 Å². The molecule has 0 unspecified atom stereocenters. The molecule has 2 aromatic rings. The highest BCUT2D eigenvalue weighted by Gasteiger charge is 2.11. The Labute approximate surface area is 168 Å². The van der Waals surface area contributed by atoms with Gasteiger partial charge in [-0.1, -0.05) is 5.92 Å². The molecule has 0 aromatic heterocycles. The van der Waals surface area contributed by atoms with Crippen LogP contribution in [0.15, 0.2) is 45.9 Å². The smallest absolute Gasteiger partial charge is 0.163 e. The molecule has 0 amide bonds. The fourth-order valence-electron chi connectivity index (χ4n) is 2.76. The molecular formula is C21H21BrN2O3. The van der Waals surface area contributed by atoms with Crippen molar-refractivity contribution in [1.29, 1.82) is 0 Å². The van der Waals surface area contributed by atoms with Crippen LogP contribution >= 0.6 is 15.9 Å². The lowest BCUT2D eigenvalue weighted by molar-refractivity contribution is 0.122. The van der Waals surface area contributed by atoms with Gasteiger partial charge in [0, 0.05) is 35.0 Å². The summed E-state index contributed by atoms with van der Waals surface area (Å²) in [4.78, 5) is 6.88. The fourth-order valence-corrected chi connectivity index (χ4v) is 3.18. The largest absolute Gasteiger partial charge is 0.493 e. The Bertz CT molecular complexity index is 838. The van der Waals surface area contributed by atoms with Crippen molar-refractivity contribution < 1.29 is 14.2 Å². The third-order valence-electron chi connectivity index (χ3n) is 4.17. The third-order valence-corrected chi connectivity index (χ3v) is 4.86. The number of anilines is 1. The number of hydrogen-bond donors (Lipinski definition) is 0. The van der Waals surface area contributed by atoms with Crippen LogP contribution in [-0.4, -0.2) is 46.2 Å². The van der Waals surface area contributed by atoms with Crippen LogP contribution in [0.5, 0.6) is 11.5 Å². The predicted molar refractivity (Wildman–Crippen MR) is 112 cm³/mol. The molecule has 0 radical (unpaired) electrons. The molecular weight excluding hydrogens is 408 g/mol. The van der Waals surface area contributed by atoms with Crippen LogP contribution in [0.25, 0.3) is 0 Å². The number of terminal acetylenes is 1. The zero-order valence-corrected chi connectivity index (χ0v) is 16.7. The standard InChI is InChI=1S/C21H21BrN2O3/c1-3-10-27-21-14-19(22)16(13-20(21)25-2)15-23-17-4-6-18(7-5-17)24-8-11-26-12-9-24/h1,4-7,13-15H,8-12H2,2H3. The van der Waals surface area contributed by atoms with Gasteiger partial charge in [0.2, 0.25) is 0 Å². The van der Waals surface area contributed by atoms with Gasteiger partial charge >= 0.3 is 0 Å². The molecule has 1 fully saturated rings. The Hall–Kier alpha value is -2.49. The van der Waals surface area contributed by atoms with E-state index < -0.39 is 0 Å². The number of rotatable bonds is 6.